The van der Waals surface area contributed by atoms with Gasteiger partial charge in [-0.3, -0.25) is 4.98 Å². The molecule has 0 aromatic carbocycles. The summed E-state index contributed by atoms with van der Waals surface area (Å²) in [6.45, 7) is -0.636. The molecule has 1 N–H and O–H groups in total. The van der Waals surface area contributed by atoms with E-state index in [1.165, 1.54) is 6.20 Å². The molecule has 0 aliphatic rings. The van der Waals surface area contributed by atoms with Crippen molar-refractivity contribution in [3.8, 4) is 0 Å². The van der Waals surface area contributed by atoms with E-state index >= 15 is 0 Å². The molecule has 0 aliphatic heterocycles. The van der Waals surface area contributed by atoms with Crippen molar-refractivity contribution in [3.05, 3.63) is 30.1 Å². The number of pyridine rings is 1. The molecule has 0 atom stereocenters. The summed E-state index contributed by atoms with van der Waals surface area (Å²) in [7, 11) is 0. The van der Waals surface area contributed by atoms with Crippen LogP contribution in [-0.2, 0) is 11.3 Å². The highest BCUT2D eigenvalue weighted by Gasteiger charge is 2.57. The van der Waals surface area contributed by atoms with E-state index in [1.807, 2.05) is 0 Å². The lowest BCUT2D eigenvalue weighted by molar-refractivity contribution is -0.321. The summed E-state index contributed by atoms with van der Waals surface area (Å²) >= 11 is 0. The van der Waals surface area contributed by atoms with Crippen LogP contribution in [-0.4, -0.2) is 36.6 Å². The lowest BCUT2D eigenvalue weighted by Gasteiger charge is -2.23. The molecular weight excluding hydrogens is 290 g/mol. The Morgan fingerprint density at radius 1 is 1.10 bits per heavy atom. The summed E-state index contributed by atoms with van der Waals surface area (Å²) in [4.78, 5) is 3.93. The summed E-state index contributed by atoms with van der Waals surface area (Å²) < 4.78 is 76.6. The molecule has 9 heteroatoms. The Hall–Kier alpha value is -1.35. The first-order valence-electron chi connectivity index (χ1n) is 5.57. The molecule has 0 saturated heterocycles. The molecule has 0 aliphatic carbocycles. The van der Waals surface area contributed by atoms with Crippen molar-refractivity contribution in [2.24, 2.45) is 0 Å². The molecule has 0 saturated carbocycles. The second-order valence-corrected chi connectivity index (χ2v) is 3.83. The zero-order valence-electron chi connectivity index (χ0n) is 10.1. The third kappa shape index (κ3) is 5.74. The number of hydrogen-bond acceptors (Lipinski definition) is 3. The highest BCUT2D eigenvalue weighted by atomic mass is 19.4. The monoisotopic (exact) mass is 302 g/mol. The Morgan fingerprint density at radius 2 is 1.75 bits per heavy atom. The van der Waals surface area contributed by atoms with Crippen LogP contribution in [0.5, 0.6) is 0 Å². The normalized spacial score (nSPS) is 12.9. The van der Waals surface area contributed by atoms with Gasteiger partial charge in [0.25, 0.3) is 0 Å². The molecule has 1 heterocycles. The van der Waals surface area contributed by atoms with Gasteiger partial charge in [0.15, 0.2) is 0 Å². The van der Waals surface area contributed by atoms with E-state index < -0.39 is 25.1 Å². The van der Waals surface area contributed by atoms with Crippen LogP contribution in [0, 0.1) is 0 Å². The molecule has 0 radical (unpaired) electrons. The summed E-state index contributed by atoms with van der Waals surface area (Å²) in [6.07, 6.45) is -13.2. The second-order valence-electron chi connectivity index (χ2n) is 3.83. The van der Waals surface area contributed by atoms with Gasteiger partial charge in [0.05, 0.1) is 12.3 Å². The number of ether oxygens (including phenoxy) is 1. The first-order chi connectivity index (χ1) is 9.21. The van der Waals surface area contributed by atoms with Gasteiger partial charge in [-0.05, 0) is 12.1 Å². The van der Waals surface area contributed by atoms with Crippen LogP contribution in [0.15, 0.2) is 24.4 Å². The molecule has 20 heavy (non-hydrogen) atoms. The van der Waals surface area contributed by atoms with Crippen LogP contribution in [0.25, 0.3) is 0 Å². The topological polar surface area (TPSA) is 34.1 Å². The molecule has 1 rings (SSSR count). The fourth-order valence-corrected chi connectivity index (χ4v) is 1.34. The predicted octanol–water partition coefficient (Wildman–Crippen LogP) is 2.68. The highest BCUT2D eigenvalue weighted by Crippen LogP contribution is 2.35. The van der Waals surface area contributed by atoms with Gasteiger partial charge < -0.3 is 10.1 Å². The molecule has 0 bridgehead atoms. The molecule has 1 aromatic heterocycles. The van der Waals surface area contributed by atoms with Crippen molar-refractivity contribution in [3.63, 3.8) is 0 Å². The Balaban J connectivity index is 2.32. The SMILES string of the molecule is FC(F)(F)C(OCCNCc1ccccn1)C(F)(F)F. The fourth-order valence-electron chi connectivity index (χ4n) is 1.34. The van der Waals surface area contributed by atoms with Gasteiger partial charge in [-0.25, -0.2) is 0 Å². The fraction of sp³-hybridized carbons (Fsp3) is 0.545. The minimum Gasteiger partial charge on any atom is -0.360 e. The summed E-state index contributed by atoms with van der Waals surface area (Å²) in [6, 6.07) is 5.07. The van der Waals surface area contributed by atoms with E-state index in [1.54, 1.807) is 18.2 Å². The van der Waals surface area contributed by atoms with E-state index in [-0.39, 0.29) is 13.1 Å². The van der Waals surface area contributed by atoms with Crippen molar-refractivity contribution < 1.29 is 31.1 Å². The maximum absolute atomic E-state index is 12.1. The van der Waals surface area contributed by atoms with E-state index in [0.29, 0.717) is 5.69 Å². The molecular formula is C11H12F6N2O. The van der Waals surface area contributed by atoms with Crippen LogP contribution in [0.4, 0.5) is 26.3 Å². The number of nitrogens with zero attached hydrogens (tertiary/aromatic N) is 1. The van der Waals surface area contributed by atoms with E-state index in [0.717, 1.165) is 0 Å². The van der Waals surface area contributed by atoms with Crippen LogP contribution >= 0.6 is 0 Å². The van der Waals surface area contributed by atoms with Gasteiger partial charge in [0.1, 0.15) is 0 Å². The standard InChI is InChI=1S/C11H12F6N2O/c12-10(13,14)9(11(15,16)17)20-6-5-18-7-8-3-1-2-4-19-8/h1-4,9,18H,5-7H2. The third-order valence-corrected chi connectivity index (χ3v) is 2.19. The van der Waals surface area contributed by atoms with E-state index in [2.05, 4.69) is 15.0 Å². The van der Waals surface area contributed by atoms with E-state index in [4.69, 9.17) is 0 Å². The van der Waals surface area contributed by atoms with Gasteiger partial charge >= 0.3 is 12.4 Å². The second kappa shape index (κ2) is 6.89. The van der Waals surface area contributed by atoms with Crippen molar-refractivity contribution in [2.45, 2.75) is 25.0 Å². The maximum atomic E-state index is 12.1. The molecule has 1 aromatic rings. The van der Waals surface area contributed by atoms with Gasteiger partial charge in [0, 0.05) is 19.3 Å². The van der Waals surface area contributed by atoms with Gasteiger partial charge in [-0.2, -0.15) is 26.3 Å². The van der Waals surface area contributed by atoms with Crippen LogP contribution in [0.2, 0.25) is 0 Å². The number of aromatic nitrogens is 1. The van der Waals surface area contributed by atoms with Crippen LogP contribution in [0.3, 0.4) is 0 Å². The Labute approximate surface area is 110 Å². The lowest BCUT2D eigenvalue weighted by Crippen LogP contribution is -2.45. The lowest BCUT2D eigenvalue weighted by atomic mass is 10.3. The van der Waals surface area contributed by atoms with Crippen molar-refractivity contribution in [1.29, 1.82) is 0 Å². The highest BCUT2D eigenvalue weighted by molar-refractivity contribution is 5.02. The Bertz CT molecular complexity index is 378. The first kappa shape index (κ1) is 16.7. The molecule has 0 amide bonds. The zero-order valence-corrected chi connectivity index (χ0v) is 10.1. The minimum atomic E-state index is -5.47. The van der Waals surface area contributed by atoms with E-state index in [9.17, 15) is 26.3 Å². The van der Waals surface area contributed by atoms with Gasteiger partial charge in [0.2, 0.25) is 6.10 Å². The summed E-state index contributed by atoms with van der Waals surface area (Å²) in [5, 5.41) is 2.64. The Kier molecular flexibility index (Phi) is 5.75. The van der Waals surface area contributed by atoms with Crippen LogP contribution in [0.1, 0.15) is 5.69 Å². The van der Waals surface area contributed by atoms with Gasteiger partial charge in [-0.1, -0.05) is 6.07 Å². The maximum Gasteiger partial charge on any atom is 0.423 e. The van der Waals surface area contributed by atoms with Crippen molar-refractivity contribution >= 4 is 0 Å². The smallest absolute Gasteiger partial charge is 0.360 e. The average Bonchev–Trinajstić information content (AvgIpc) is 2.31. The molecule has 3 nitrogen and oxygen atoms in total. The predicted molar refractivity (Wildman–Crippen MR) is 57.8 cm³/mol. The average molecular weight is 302 g/mol. The van der Waals surface area contributed by atoms with Crippen LogP contribution < -0.4 is 5.32 Å². The zero-order chi connectivity index (χ0) is 15.2. The third-order valence-electron chi connectivity index (χ3n) is 2.19. The number of hydrogen-bond donors (Lipinski definition) is 1. The van der Waals surface area contributed by atoms with Gasteiger partial charge in [-0.15, -0.1) is 0 Å². The van der Waals surface area contributed by atoms with Crippen molar-refractivity contribution in [1.82, 2.24) is 10.3 Å². The largest absolute Gasteiger partial charge is 0.423 e. The number of alkyl halides is 6. The Morgan fingerprint density at radius 3 is 2.25 bits per heavy atom. The molecule has 0 spiro atoms. The summed E-state index contributed by atoms with van der Waals surface area (Å²) in [5.74, 6) is 0. The van der Waals surface area contributed by atoms with Crippen molar-refractivity contribution in [2.75, 3.05) is 13.2 Å². The first-order valence-corrected chi connectivity index (χ1v) is 5.57. The molecule has 114 valence electrons. The minimum absolute atomic E-state index is 0.154. The molecule has 0 fully saturated rings. The number of rotatable bonds is 6. The summed E-state index contributed by atoms with van der Waals surface area (Å²) in [5.41, 5.74) is 0.621. The molecule has 0 unspecified atom stereocenters. The number of nitrogens with one attached hydrogen (secondary N) is 1. The quantitative estimate of drug-likeness (QED) is 0.648. The number of halogens is 6.